The highest BCUT2D eigenvalue weighted by Gasteiger charge is 2.23. The number of fused-ring (bicyclic) bond motifs is 1. The van der Waals surface area contributed by atoms with Gasteiger partial charge in [-0.15, -0.1) is 11.3 Å². The molecule has 1 N–H and O–H groups in total. The lowest BCUT2D eigenvalue weighted by molar-refractivity contribution is -0.123. The lowest BCUT2D eigenvalue weighted by atomic mass is 9.99. The highest BCUT2D eigenvalue weighted by Crippen LogP contribution is 2.30. The molecule has 1 amide bonds. The quantitative estimate of drug-likeness (QED) is 0.831. The van der Waals surface area contributed by atoms with E-state index in [0.29, 0.717) is 10.9 Å². The van der Waals surface area contributed by atoms with E-state index in [-0.39, 0.29) is 5.69 Å². The van der Waals surface area contributed by atoms with Crippen LogP contribution in [0.5, 0.6) is 0 Å². The Morgan fingerprint density at radius 2 is 1.96 bits per heavy atom. The molecule has 1 atom stereocenters. The molecule has 7 heteroatoms. The van der Waals surface area contributed by atoms with Crippen LogP contribution in [0.3, 0.4) is 0 Å². The Bertz CT molecular complexity index is 795. The van der Waals surface area contributed by atoms with Crippen molar-refractivity contribution in [1.29, 1.82) is 0 Å². The highest BCUT2D eigenvalue weighted by molar-refractivity contribution is 7.14. The molecular formula is C18H17F2NO3S. The summed E-state index contributed by atoms with van der Waals surface area (Å²) >= 11 is 1.40. The second kappa shape index (κ2) is 7.31. The number of nitrogens with one attached hydrogen (secondary N) is 1. The average molecular weight is 365 g/mol. The van der Waals surface area contributed by atoms with Gasteiger partial charge in [0.2, 0.25) is 0 Å². The average Bonchev–Trinajstić information content (AvgIpc) is 3.01. The SMILES string of the molecule is C[C@H](OC(=O)c1cc2c(s1)CCCC2)C(=O)Nc1ccc(F)cc1F. The lowest BCUT2D eigenvalue weighted by Crippen LogP contribution is -2.30. The lowest BCUT2D eigenvalue weighted by Gasteiger charge is -2.13. The molecule has 0 unspecified atom stereocenters. The van der Waals surface area contributed by atoms with Crippen LogP contribution in [-0.2, 0) is 22.4 Å². The molecule has 1 aromatic heterocycles. The highest BCUT2D eigenvalue weighted by atomic mass is 32.1. The van der Waals surface area contributed by atoms with Crippen molar-refractivity contribution in [2.24, 2.45) is 0 Å². The summed E-state index contributed by atoms with van der Waals surface area (Å²) in [5.74, 6) is -2.88. The third kappa shape index (κ3) is 4.04. The molecule has 1 aliphatic rings. The Morgan fingerprint density at radius 1 is 1.20 bits per heavy atom. The zero-order valence-electron chi connectivity index (χ0n) is 13.6. The van der Waals surface area contributed by atoms with E-state index in [1.807, 2.05) is 6.07 Å². The number of thiophene rings is 1. The Labute approximate surface area is 147 Å². The number of halogens is 2. The van der Waals surface area contributed by atoms with E-state index >= 15 is 0 Å². The van der Waals surface area contributed by atoms with Crippen LogP contribution in [0.2, 0.25) is 0 Å². The van der Waals surface area contributed by atoms with Crippen LogP contribution in [-0.4, -0.2) is 18.0 Å². The van der Waals surface area contributed by atoms with Gasteiger partial charge in [0, 0.05) is 10.9 Å². The fraction of sp³-hybridized carbons (Fsp3) is 0.333. The van der Waals surface area contributed by atoms with Crippen molar-refractivity contribution < 1.29 is 23.1 Å². The van der Waals surface area contributed by atoms with Gasteiger partial charge in [-0.2, -0.15) is 0 Å². The molecule has 1 aromatic carbocycles. The number of carbonyl (C=O) groups is 2. The molecule has 0 aliphatic heterocycles. The summed E-state index contributed by atoms with van der Waals surface area (Å²) in [7, 11) is 0. The van der Waals surface area contributed by atoms with Crippen LogP contribution in [0, 0.1) is 11.6 Å². The molecular weight excluding hydrogens is 348 g/mol. The Balaban J connectivity index is 1.62. The number of rotatable bonds is 4. The smallest absolute Gasteiger partial charge is 0.349 e. The Kier molecular flexibility index (Phi) is 5.13. The number of aryl methyl sites for hydroxylation is 2. The maximum atomic E-state index is 13.6. The predicted molar refractivity (Wildman–Crippen MR) is 90.8 cm³/mol. The molecule has 1 aliphatic carbocycles. The van der Waals surface area contributed by atoms with E-state index in [1.54, 1.807) is 0 Å². The van der Waals surface area contributed by atoms with Crippen LogP contribution in [0.4, 0.5) is 14.5 Å². The Hall–Kier alpha value is -2.28. The number of carbonyl (C=O) groups excluding carboxylic acids is 2. The second-order valence-corrected chi connectivity index (χ2v) is 7.06. The molecule has 25 heavy (non-hydrogen) atoms. The number of ether oxygens (including phenoxy) is 1. The van der Waals surface area contributed by atoms with Crippen LogP contribution in [0.25, 0.3) is 0 Å². The third-order valence-electron chi connectivity index (χ3n) is 4.04. The molecule has 0 spiro atoms. The van der Waals surface area contributed by atoms with Crippen molar-refractivity contribution in [1.82, 2.24) is 0 Å². The molecule has 0 saturated carbocycles. The standard InChI is InChI=1S/C18H17F2NO3S/c1-10(17(22)21-14-7-6-12(19)9-13(14)20)24-18(23)16-8-11-4-2-3-5-15(11)25-16/h6-10H,2-5H2,1H3,(H,21,22)/t10-/m0/s1. The normalized spacial score (nSPS) is 14.5. The van der Waals surface area contributed by atoms with Gasteiger partial charge in [-0.1, -0.05) is 0 Å². The number of amides is 1. The molecule has 0 bridgehead atoms. The van der Waals surface area contributed by atoms with Gasteiger partial charge in [0.15, 0.2) is 6.10 Å². The summed E-state index contributed by atoms with van der Waals surface area (Å²) in [5, 5.41) is 2.29. The largest absolute Gasteiger partial charge is 0.448 e. The summed E-state index contributed by atoms with van der Waals surface area (Å²) in [6, 6.07) is 4.64. The monoisotopic (exact) mass is 365 g/mol. The van der Waals surface area contributed by atoms with E-state index in [4.69, 9.17) is 4.74 Å². The number of benzene rings is 1. The van der Waals surface area contributed by atoms with Gasteiger partial charge in [-0.25, -0.2) is 13.6 Å². The van der Waals surface area contributed by atoms with Gasteiger partial charge in [-0.05, 0) is 56.4 Å². The molecule has 132 valence electrons. The minimum absolute atomic E-state index is 0.166. The molecule has 0 fully saturated rings. The van der Waals surface area contributed by atoms with E-state index in [9.17, 15) is 18.4 Å². The molecule has 4 nitrogen and oxygen atoms in total. The maximum absolute atomic E-state index is 13.6. The summed E-state index contributed by atoms with van der Waals surface area (Å²) in [6.07, 6.45) is 3.05. The third-order valence-corrected chi connectivity index (χ3v) is 5.26. The van der Waals surface area contributed by atoms with E-state index in [1.165, 1.54) is 28.7 Å². The Morgan fingerprint density at radius 3 is 2.68 bits per heavy atom. The molecule has 3 rings (SSSR count). The number of esters is 1. The van der Waals surface area contributed by atoms with Crippen molar-refractivity contribution in [2.75, 3.05) is 5.32 Å². The molecule has 0 saturated heterocycles. The van der Waals surface area contributed by atoms with Crippen LogP contribution in [0.1, 0.15) is 39.9 Å². The summed E-state index contributed by atoms with van der Waals surface area (Å²) in [5.41, 5.74) is 1.01. The van der Waals surface area contributed by atoms with Gasteiger partial charge in [0.05, 0.1) is 5.69 Å². The minimum Gasteiger partial charge on any atom is -0.448 e. The fourth-order valence-electron chi connectivity index (χ4n) is 2.69. The maximum Gasteiger partial charge on any atom is 0.349 e. The van der Waals surface area contributed by atoms with Gasteiger partial charge in [-0.3, -0.25) is 4.79 Å². The van der Waals surface area contributed by atoms with E-state index in [2.05, 4.69) is 5.32 Å². The zero-order valence-corrected chi connectivity index (χ0v) is 14.4. The van der Waals surface area contributed by atoms with E-state index < -0.39 is 29.6 Å². The molecule has 0 radical (unpaired) electrons. The van der Waals surface area contributed by atoms with Gasteiger partial charge < -0.3 is 10.1 Å². The summed E-state index contributed by atoms with van der Waals surface area (Å²) in [4.78, 5) is 26.0. The summed E-state index contributed by atoms with van der Waals surface area (Å²) in [6.45, 7) is 1.40. The summed E-state index contributed by atoms with van der Waals surface area (Å²) < 4.78 is 31.6. The fourth-order valence-corrected chi connectivity index (χ4v) is 3.83. The van der Waals surface area contributed by atoms with Crippen LogP contribution < -0.4 is 5.32 Å². The first-order valence-corrected chi connectivity index (χ1v) is 8.84. The van der Waals surface area contributed by atoms with Crippen molar-refractivity contribution in [3.63, 3.8) is 0 Å². The number of hydrogen-bond acceptors (Lipinski definition) is 4. The number of hydrogen-bond donors (Lipinski definition) is 1. The first kappa shape index (κ1) is 17.5. The topological polar surface area (TPSA) is 55.4 Å². The van der Waals surface area contributed by atoms with Gasteiger partial charge in [0.25, 0.3) is 5.91 Å². The van der Waals surface area contributed by atoms with Gasteiger partial charge in [0.1, 0.15) is 16.5 Å². The molecule has 1 heterocycles. The predicted octanol–water partition coefficient (Wildman–Crippen LogP) is 4.09. The first-order chi connectivity index (χ1) is 11.9. The van der Waals surface area contributed by atoms with Crippen molar-refractivity contribution in [2.45, 2.75) is 38.7 Å². The zero-order chi connectivity index (χ0) is 18.0. The van der Waals surface area contributed by atoms with Crippen molar-refractivity contribution >= 4 is 28.9 Å². The van der Waals surface area contributed by atoms with Crippen molar-refractivity contribution in [3.8, 4) is 0 Å². The number of anilines is 1. The van der Waals surface area contributed by atoms with Gasteiger partial charge >= 0.3 is 5.97 Å². The van der Waals surface area contributed by atoms with Crippen molar-refractivity contribution in [3.05, 3.63) is 51.2 Å². The first-order valence-electron chi connectivity index (χ1n) is 8.02. The van der Waals surface area contributed by atoms with E-state index in [0.717, 1.165) is 37.8 Å². The second-order valence-electron chi connectivity index (χ2n) is 5.93. The molecule has 2 aromatic rings. The van der Waals surface area contributed by atoms with Crippen LogP contribution in [0.15, 0.2) is 24.3 Å². The van der Waals surface area contributed by atoms with Crippen LogP contribution >= 0.6 is 11.3 Å². The minimum atomic E-state index is -1.10.